The Kier molecular flexibility index (Phi) is 8.56. The summed E-state index contributed by atoms with van der Waals surface area (Å²) in [6.07, 6.45) is 13.6. The van der Waals surface area contributed by atoms with E-state index in [0.717, 1.165) is 38.5 Å². The van der Waals surface area contributed by atoms with Gasteiger partial charge in [-0.2, -0.15) is 4.57 Å². The molecule has 3 aliphatic heterocycles. The highest BCUT2D eigenvalue weighted by molar-refractivity contribution is 7.50. The van der Waals surface area contributed by atoms with E-state index in [0.29, 0.717) is 0 Å². The standard InChI is InChI=1S/C24H37O5P/c1-4-7-10-13-19-16-17-21(20(18-19)14-11-8-5-2)22(15-12-9-6-3)26-23-24-28-30(25,27-23)29-24/h16-18,22H,4-15H2,1-3H3. The van der Waals surface area contributed by atoms with Gasteiger partial charge in [0.15, 0.2) is 0 Å². The molecule has 0 spiro atoms. The number of rotatable bonds is 15. The Bertz CT molecular complexity index is 761. The van der Waals surface area contributed by atoms with Crippen molar-refractivity contribution in [1.29, 1.82) is 0 Å². The van der Waals surface area contributed by atoms with Crippen LogP contribution in [0.3, 0.4) is 0 Å². The second-order valence-electron chi connectivity index (χ2n) is 8.35. The fraction of sp³-hybridized carbons (Fsp3) is 0.667. The minimum Gasteiger partial charge on any atom is -0.452 e. The van der Waals surface area contributed by atoms with Gasteiger partial charge < -0.3 is 18.3 Å². The Hall–Kier alpha value is -1.61. The normalized spacial score (nSPS) is 17.0. The molecule has 30 heavy (non-hydrogen) atoms. The minimum atomic E-state index is -3.39. The van der Waals surface area contributed by atoms with E-state index in [2.05, 4.69) is 39.0 Å². The Morgan fingerprint density at radius 2 is 1.53 bits per heavy atom. The maximum absolute atomic E-state index is 11.9. The van der Waals surface area contributed by atoms with Gasteiger partial charge >= 0.3 is 19.7 Å². The summed E-state index contributed by atoms with van der Waals surface area (Å²) in [5.41, 5.74) is 3.98. The van der Waals surface area contributed by atoms with Crippen LogP contribution < -0.4 is 0 Å². The molecular weight excluding hydrogens is 399 g/mol. The Morgan fingerprint density at radius 1 is 0.867 bits per heavy atom. The molecule has 0 N–H and O–H groups in total. The van der Waals surface area contributed by atoms with Gasteiger partial charge in [-0.1, -0.05) is 77.5 Å². The van der Waals surface area contributed by atoms with Gasteiger partial charge in [0.2, 0.25) is 0 Å². The zero-order valence-electron chi connectivity index (χ0n) is 18.8. The smallest absolute Gasteiger partial charge is 0.452 e. The molecule has 2 bridgehead atoms. The molecule has 4 rings (SSSR count). The number of benzene rings is 1. The van der Waals surface area contributed by atoms with Crippen molar-refractivity contribution in [3.63, 3.8) is 0 Å². The van der Waals surface area contributed by atoms with E-state index in [1.807, 2.05) is 0 Å². The highest BCUT2D eigenvalue weighted by Crippen LogP contribution is 2.70. The molecule has 0 radical (unpaired) electrons. The van der Waals surface area contributed by atoms with E-state index >= 15 is 0 Å². The Labute approximate surface area is 181 Å². The second kappa shape index (κ2) is 11.1. The highest BCUT2D eigenvalue weighted by Gasteiger charge is 2.58. The van der Waals surface area contributed by atoms with Gasteiger partial charge in [0.1, 0.15) is 6.10 Å². The van der Waals surface area contributed by atoms with Crippen LogP contribution in [0.25, 0.3) is 0 Å². The number of aryl methyl sites for hydroxylation is 2. The van der Waals surface area contributed by atoms with Gasteiger partial charge in [-0.3, -0.25) is 0 Å². The fourth-order valence-corrected chi connectivity index (χ4v) is 4.97. The van der Waals surface area contributed by atoms with Crippen molar-refractivity contribution >= 4 is 7.82 Å². The first kappa shape index (κ1) is 23.1. The highest BCUT2D eigenvalue weighted by atomic mass is 31.2. The summed E-state index contributed by atoms with van der Waals surface area (Å²) in [6.45, 7) is 6.67. The third-order valence-corrected chi connectivity index (χ3v) is 6.91. The van der Waals surface area contributed by atoms with Crippen LogP contribution in [0.4, 0.5) is 0 Å². The van der Waals surface area contributed by atoms with Crippen molar-refractivity contribution in [2.45, 2.75) is 104 Å². The summed E-state index contributed by atoms with van der Waals surface area (Å²) in [6, 6.07) is 6.85. The molecule has 0 aliphatic carbocycles. The van der Waals surface area contributed by atoms with Crippen LogP contribution in [0.1, 0.15) is 108 Å². The van der Waals surface area contributed by atoms with E-state index in [-0.39, 0.29) is 18.0 Å². The molecule has 3 aliphatic rings. The number of fused-ring (bicyclic) bond motifs is 1. The summed E-state index contributed by atoms with van der Waals surface area (Å²) in [5, 5.41) is 0. The van der Waals surface area contributed by atoms with Crippen LogP contribution in [-0.4, -0.2) is 0 Å². The number of phosphoric acid groups is 1. The first-order valence-corrected chi connectivity index (χ1v) is 13.3. The van der Waals surface area contributed by atoms with Gasteiger partial charge in [-0.05, 0) is 55.2 Å². The number of ether oxygens (including phenoxy) is 1. The van der Waals surface area contributed by atoms with Gasteiger partial charge in [0, 0.05) is 0 Å². The number of hydrogen-bond acceptors (Lipinski definition) is 5. The molecule has 1 atom stereocenters. The lowest BCUT2D eigenvalue weighted by Gasteiger charge is -2.22. The molecule has 6 heteroatoms. The summed E-state index contributed by atoms with van der Waals surface area (Å²) >= 11 is 0. The molecule has 0 aromatic heterocycles. The van der Waals surface area contributed by atoms with Gasteiger partial charge in [0.25, 0.3) is 0 Å². The maximum Gasteiger partial charge on any atom is 0.654 e. The average molecular weight is 437 g/mol. The molecule has 0 saturated carbocycles. The summed E-state index contributed by atoms with van der Waals surface area (Å²) in [4.78, 5) is 0. The predicted molar refractivity (Wildman–Crippen MR) is 119 cm³/mol. The van der Waals surface area contributed by atoms with Crippen molar-refractivity contribution in [3.05, 3.63) is 46.8 Å². The SMILES string of the molecule is CCCCCc1ccc(C(CCCCC)OC2=C3OP(=O)(O2)O3)c(CCCCC)c1. The summed E-state index contributed by atoms with van der Waals surface area (Å²) in [5.74, 6) is 0.272. The van der Waals surface area contributed by atoms with Gasteiger partial charge in [0.05, 0.1) is 0 Å². The molecule has 3 heterocycles. The van der Waals surface area contributed by atoms with Crippen molar-refractivity contribution < 1.29 is 22.9 Å². The third-order valence-electron chi connectivity index (χ3n) is 5.74. The van der Waals surface area contributed by atoms with Crippen LogP contribution in [0.5, 0.6) is 0 Å². The monoisotopic (exact) mass is 436 g/mol. The predicted octanol–water partition coefficient (Wildman–Crippen LogP) is 8.10. The lowest BCUT2D eigenvalue weighted by Crippen LogP contribution is -2.09. The molecule has 5 nitrogen and oxygen atoms in total. The topological polar surface area (TPSA) is 54.0 Å². The van der Waals surface area contributed by atoms with Crippen molar-refractivity contribution in [1.82, 2.24) is 0 Å². The summed E-state index contributed by atoms with van der Waals surface area (Å²) < 4.78 is 33.5. The van der Waals surface area contributed by atoms with E-state index in [4.69, 9.17) is 18.3 Å². The Morgan fingerprint density at radius 3 is 2.17 bits per heavy atom. The first-order chi connectivity index (χ1) is 14.6. The van der Waals surface area contributed by atoms with Crippen molar-refractivity contribution in [2.24, 2.45) is 0 Å². The zero-order chi connectivity index (χ0) is 21.4. The fourth-order valence-electron chi connectivity index (χ4n) is 4.01. The number of phosphoric ester groups is 1. The molecule has 1 aromatic rings. The maximum atomic E-state index is 11.9. The van der Waals surface area contributed by atoms with Crippen LogP contribution in [-0.2, 0) is 35.7 Å². The number of hydrogen-bond donors (Lipinski definition) is 0. The van der Waals surface area contributed by atoms with E-state index < -0.39 is 7.82 Å². The van der Waals surface area contributed by atoms with Crippen LogP contribution >= 0.6 is 7.82 Å². The molecule has 0 amide bonds. The van der Waals surface area contributed by atoms with Crippen LogP contribution in [0.2, 0.25) is 0 Å². The van der Waals surface area contributed by atoms with Gasteiger partial charge in [-0.25, -0.2) is 0 Å². The molecule has 168 valence electrons. The number of unbranched alkanes of at least 4 members (excludes halogenated alkanes) is 6. The lowest BCUT2D eigenvalue weighted by atomic mass is 9.92. The molecular formula is C24H37O5P. The van der Waals surface area contributed by atoms with E-state index in [1.54, 1.807) is 0 Å². The quantitative estimate of drug-likeness (QED) is 0.205. The first-order valence-electron chi connectivity index (χ1n) is 11.8. The molecule has 1 aromatic carbocycles. The minimum absolute atomic E-state index is 0.127. The largest absolute Gasteiger partial charge is 0.654 e. The van der Waals surface area contributed by atoms with Crippen molar-refractivity contribution in [3.8, 4) is 0 Å². The van der Waals surface area contributed by atoms with Gasteiger partial charge in [-0.15, -0.1) is 0 Å². The Balaban J connectivity index is 1.79. The van der Waals surface area contributed by atoms with E-state index in [1.165, 1.54) is 55.2 Å². The lowest BCUT2D eigenvalue weighted by molar-refractivity contribution is 0.0402. The molecule has 1 unspecified atom stereocenters. The van der Waals surface area contributed by atoms with Crippen LogP contribution in [0, 0.1) is 0 Å². The zero-order valence-corrected chi connectivity index (χ0v) is 19.7. The van der Waals surface area contributed by atoms with Crippen molar-refractivity contribution in [2.75, 3.05) is 0 Å². The third kappa shape index (κ3) is 5.97. The van der Waals surface area contributed by atoms with Crippen LogP contribution in [0.15, 0.2) is 30.1 Å². The molecule has 1 saturated heterocycles. The summed E-state index contributed by atoms with van der Waals surface area (Å²) in [7, 11) is -3.39. The second-order valence-corrected chi connectivity index (χ2v) is 9.79. The average Bonchev–Trinajstić information content (AvgIpc) is 3.20. The van der Waals surface area contributed by atoms with E-state index in [9.17, 15) is 4.57 Å². The molecule has 1 fully saturated rings.